The van der Waals surface area contributed by atoms with Gasteiger partial charge in [0.25, 0.3) is 0 Å². The van der Waals surface area contributed by atoms with Gasteiger partial charge in [-0.2, -0.15) is 0 Å². The predicted octanol–water partition coefficient (Wildman–Crippen LogP) is 2.67. The molecule has 0 aromatic carbocycles. The third-order valence-corrected chi connectivity index (χ3v) is 4.17. The van der Waals surface area contributed by atoms with E-state index in [1.54, 1.807) is 0 Å². The van der Waals surface area contributed by atoms with Crippen LogP contribution in [0.15, 0.2) is 4.99 Å². The molecule has 0 spiro atoms. The van der Waals surface area contributed by atoms with Crippen LogP contribution in [0.3, 0.4) is 0 Å². The zero-order chi connectivity index (χ0) is 13.9. The van der Waals surface area contributed by atoms with Crippen LogP contribution in [0.5, 0.6) is 0 Å². The van der Waals surface area contributed by atoms with Gasteiger partial charge in [-0.15, -0.1) is 0 Å². The molecule has 0 bridgehead atoms. The average Bonchev–Trinajstić information content (AvgIpc) is 2.61. The van der Waals surface area contributed by atoms with Crippen LogP contribution in [-0.2, 0) is 9.53 Å². The normalized spacial score (nSPS) is 27.1. The first kappa shape index (κ1) is 14.5. The van der Waals surface area contributed by atoms with Crippen molar-refractivity contribution in [2.75, 3.05) is 6.61 Å². The molecule has 2 aliphatic rings. The Balaban J connectivity index is 2.23. The third-order valence-electron chi connectivity index (χ3n) is 4.17. The number of ether oxygens (including phenoxy) is 1. The highest BCUT2D eigenvalue weighted by Crippen LogP contribution is 2.33. The van der Waals surface area contributed by atoms with Gasteiger partial charge >= 0.3 is 0 Å². The van der Waals surface area contributed by atoms with Gasteiger partial charge in [0, 0.05) is 6.61 Å². The average molecular weight is 266 g/mol. The number of carbonyl (C=O) groups excluding carboxylic acids is 1. The largest absolute Gasteiger partial charge is 0.367 e. The molecule has 0 saturated heterocycles. The Kier molecular flexibility index (Phi) is 4.61. The van der Waals surface area contributed by atoms with Crippen molar-refractivity contribution in [3.05, 3.63) is 0 Å². The summed E-state index contributed by atoms with van der Waals surface area (Å²) < 4.78 is 6.07. The molecule has 0 radical (unpaired) electrons. The molecule has 1 atom stereocenters. The second kappa shape index (κ2) is 6.04. The Labute approximate surface area is 116 Å². The molecular formula is C15H26N2O2. The molecule has 0 aromatic heterocycles. The molecular weight excluding hydrogens is 240 g/mol. The molecule has 1 amide bonds. The van der Waals surface area contributed by atoms with E-state index in [0.29, 0.717) is 6.61 Å². The number of aliphatic imine (C=N–C) groups is 1. The highest BCUT2D eigenvalue weighted by molar-refractivity contribution is 6.09. The molecule has 4 heteroatoms. The van der Waals surface area contributed by atoms with E-state index < -0.39 is 0 Å². The molecule has 19 heavy (non-hydrogen) atoms. The number of hydrogen-bond donors (Lipinski definition) is 1. The maximum Gasteiger partial charge on any atom is 0.250 e. The van der Waals surface area contributed by atoms with E-state index in [9.17, 15) is 4.79 Å². The van der Waals surface area contributed by atoms with Gasteiger partial charge in [0.15, 0.2) is 0 Å². The SMILES string of the molecule is CCOC1(C2=NC(C(C)C)C(=O)N2)CCCCCC1. The van der Waals surface area contributed by atoms with E-state index in [1.807, 2.05) is 20.8 Å². The molecule has 1 saturated carbocycles. The molecule has 0 aromatic rings. The molecule has 4 nitrogen and oxygen atoms in total. The van der Waals surface area contributed by atoms with Gasteiger partial charge in [-0.3, -0.25) is 9.79 Å². The van der Waals surface area contributed by atoms with Crippen LogP contribution >= 0.6 is 0 Å². The van der Waals surface area contributed by atoms with E-state index in [4.69, 9.17) is 4.74 Å². The van der Waals surface area contributed by atoms with Gasteiger partial charge < -0.3 is 10.1 Å². The van der Waals surface area contributed by atoms with Crippen molar-refractivity contribution < 1.29 is 9.53 Å². The van der Waals surface area contributed by atoms with E-state index in [-0.39, 0.29) is 23.5 Å². The lowest BCUT2D eigenvalue weighted by Crippen LogP contribution is -2.48. The van der Waals surface area contributed by atoms with Crippen LogP contribution in [0.1, 0.15) is 59.3 Å². The van der Waals surface area contributed by atoms with Crippen LogP contribution in [-0.4, -0.2) is 30.0 Å². The van der Waals surface area contributed by atoms with Crippen molar-refractivity contribution >= 4 is 11.7 Å². The minimum Gasteiger partial charge on any atom is -0.367 e. The monoisotopic (exact) mass is 266 g/mol. The summed E-state index contributed by atoms with van der Waals surface area (Å²) in [6.07, 6.45) is 6.77. The number of carbonyl (C=O) groups is 1. The minimum atomic E-state index is -0.343. The molecule has 1 N–H and O–H groups in total. The summed E-state index contributed by atoms with van der Waals surface area (Å²) in [5.74, 6) is 1.07. The highest BCUT2D eigenvalue weighted by Gasteiger charge is 2.43. The topological polar surface area (TPSA) is 50.7 Å². The Morgan fingerprint density at radius 3 is 2.42 bits per heavy atom. The Hall–Kier alpha value is -0.900. The fraction of sp³-hybridized carbons (Fsp3) is 0.867. The number of rotatable bonds is 4. The number of nitrogens with zero attached hydrogens (tertiary/aromatic N) is 1. The predicted molar refractivity (Wildman–Crippen MR) is 76.3 cm³/mol. The van der Waals surface area contributed by atoms with Crippen LogP contribution in [0, 0.1) is 5.92 Å². The van der Waals surface area contributed by atoms with E-state index >= 15 is 0 Å². The number of amidine groups is 1. The van der Waals surface area contributed by atoms with Crippen molar-refractivity contribution in [1.29, 1.82) is 0 Å². The van der Waals surface area contributed by atoms with Gasteiger partial charge in [-0.05, 0) is 25.7 Å². The van der Waals surface area contributed by atoms with E-state index in [2.05, 4.69) is 10.3 Å². The smallest absolute Gasteiger partial charge is 0.250 e. The Bertz CT molecular complexity index is 355. The van der Waals surface area contributed by atoms with Crippen molar-refractivity contribution in [2.24, 2.45) is 10.9 Å². The van der Waals surface area contributed by atoms with Crippen LogP contribution < -0.4 is 5.32 Å². The molecule has 1 heterocycles. The fourth-order valence-electron chi connectivity index (χ4n) is 3.13. The lowest BCUT2D eigenvalue weighted by molar-refractivity contribution is -0.121. The second-order valence-electron chi connectivity index (χ2n) is 6.00. The number of hydrogen-bond acceptors (Lipinski definition) is 3. The fourth-order valence-corrected chi connectivity index (χ4v) is 3.13. The maximum absolute atomic E-state index is 12.0. The van der Waals surface area contributed by atoms with E-state index in [1.165, 1.54) is 12.8 Å². The maximum atomic E-state index is 12.0. The summed E-state index contributed by atoms with van der Waals surface area (Å²) >= 11 is 0. The van der Waals surface area contributed by atoms with Gasteiger partial charge in [0.1, 0.15) is 17.5 Å². The third kappa shape index (κ3) is 2.99. The van der Waals surface area contributed by atoms with Crippen LogP contribution in [0.2, 0.25) is 0 Å². The zero-order valence-corrected chi connectivity index (χ0v) is 12.4. The number of nitrogens with one attached hydrogen (secondary N) is 1. The van der Waals surface area contributed by atoms with Gasteiger partial charge in [-0.25, -0.2) is 0 Å². The molecule has 1 aliphatic carbocycles. The standard InChI is InChI=1S/C15H26N2O2/c1-4-19-15(9-7-5-6-8-10-15)14-16-12(11(2)3)13(18)17-14/h11-12H,4-10H2,1-3H3,(H,16,17,18). The highest BCUT2D eigenvalue weighted by atomic mass is 16.5. The van der Waals surface area contributed by atoms with Gasteiger partial charge in [0.05, 0.1) is 0 Å². The van der Waals surface area contributed by atoms with Crippen molar-refractivity contribution in [3.8, 4) is 0 Å². The van der Waals surface area contributed by atoms with Crippen molar-refractivity contribution in [1.82, 2.24) is 5.32 Å². The summed E-state index contributed by atoms with van der Waals surface area (Å²) in [4.78, 5) is 16.7. The molecule has 1 fully saturated rings. The zero-order valence-electron chi connectivity index (χ0n) is 12.4. The quantitative estimate of drug-likeness (QED) is 0.795. The molecule has 2 rings (SSSR count). The first-order chi connectivity index (χ1) is 9.09. The first-order valence-corrected chi connectivity index (χ1v) is 7.62. The summed E-state index contributed by atoms with van der Waals surface area (Å²) in [5, 5.41) is 2.99. The summed E-state index contributed by atoms with van der Waals surface area (Å²) in [6.45, 7) is 6.76. The van der Waals surface area contributed by atoms with Crippen molar-refractivity contribution in [2.45, 2.75) is 70.9 Å². The lowest BCUT2D eigenvalue weighted by atomic mass is 9.92. The lowest BCUT2D eigenvalue weighted by Gasteiger charge is -2.32. The van der Waals surface area contributed by atoms with Gasteiger partial charge in [-0.1, -0.05) is 39.5 Å². The van der Waals surface area contributed by atoms with Gasteiger partial charge in [0.2, 0.25) is 5.91 Å². The van der Waals surface area contributed by atoms with Crippen LogP contribution in [0.4, 0.5) is 0 Å². The molecule has 108 valence electrons. The minimum absolute atomic E-state index is 0.0355. The summed E-state index contributed by atoms with van der Waals surface area (Å²) in [6, 6.07) is -0.240. The Morgan fingerprint density at radius 2 is 1.95 bits per heavy atom. The summed E-state index contributed by atoms with van der Waals surface area (Å²) in [7, 11) is 0. The first-order valence-electron chi connectivity index (χ1n) is 7.62. The molecule has 1 unspecified atom stereocenters. The van der Waals surface area contributed by atoms with Crippen LogP contribution in [0.25, 0.3) is 0 Å². The van der Waals surface area contributed by atoms with E-state index in [0.717, 1.165) is 31.5 Å². The Morgan fingerprint density at radius 1 is 1.32 bits per heavy atom. The van der Waals surface area contributed by atoms with Crippen molar-refractivity contribution in [3.63, 3.8) is 0 Å². The number of amides is 1. The molecule has 1 aliphatic heterocycles. The summed E-state index contributed by atoms with van der Waals surface area (Å²) in [5.41, 5.74) is -0.343. The second-order valence-corrected chi connectivity index (χ2v) is 6.00.